The summed E-state index contributed by atoms with van der Waals surface area (Å²) in [6, 6.07) is 5.76. The Morgan fingerprint density at radius 2 is 1.93 bits per heavy atom. The number of hydrogen-bond donors (Lipinski definition) is 1. The summed E-state index contributed by atoms with van der Waals surface area (Å²) >= 11 is 0. The summed E-state index contributed by atoms with van der Waals surface area (Å²) in [6.07, 6.45) is 0.762. The standard InChI is InChI=1S/C10H15N3O/c1-8-4-5-9(12(2)7-14)10(6-8)13(3)11/h4-7H,11H2,1-3H3. The molecule has 0 bridgehead atoms. The molecule has 0 aliphatic heterocycles. The summed E-state index contributed by atoms with van der Waals surface area (Å²) in [7, 11) is 3.45. The summed E-state index contributed by atoms with van der Waals surface area (Å²) < 4.78 is 0. The molecule has 0 aromatic heterocycles. The molecule has 4 nitrogen and oxygen atoms in total. The summed E-state index contributed by atoms with van der Waals surface area (Å²) in [5, 5.41) is 1.50. The molecular formula is C10H15N3O. The van der Waals surface area contributed by atoms with Gasteiger partial charge in [-0.25, -0.2) is 5.84 Å². The summed E-state index contributed by atoms with van der Waals surface area (Å²) in [6.45, 7) is 1.98. The van der Waals surface area contributed by atoms with Crippen molar-refractivity contribution in [3.8, 4) is 0 Å². The van der Waals surface area contributed by atoms with Crippen molar-refractivity contribution in [3.05, 3.63) is 23.8 Å². The minimum absolute atomic E-state index is 0.762. The molecule has 0 unspecified atom stereocenters. The van der Waals surface area contributed by atoms with Gasteiger partial charge in [-0.2, -0.15) is 0 Å². The van der Waals surface area contributed by atoms with E-state index in [4.69, 9.17) is 5.84 Å². The van der Waals surface area contributed by atoms with Crippen LogP contribution in [0.3, 0.4) is 0 Å². The van der Waals surface area contributed by atoms with Gasteiger partial charge >= 0.3 is 0 Å². The lowest BCUT2D eigenvalue weighted by Gasteiger charge is -2.21. The number of aryl methyl sites for hydroxylation is 1. The lowest BCUT2D eigenvalue weighted by atomic mass is 10.2. The van der Waals surface area contributed by atoms with Crippen molar-refractivity contribution >= 4 is 17.8 Å². The molecule has 1 amide bonds. The zero-order chi connectivity index (χ0) is 10.7. The van der Waals surface area contributed by atoms with E-state index in [0.717, 1.165) is 23.3 Å². The fourth-order valence-electron chi connectivity index (χ4n) is 1.27. The lowest BCUT2D eigenvalue weighted by Crippen LogP contribution is -2.28. The van der Waals surface area contributed by atoms with Gasteiger partial charge in [-0.05, 0) is 24.6 Å². The van der Waals surface area contributed by atoms with E-state index in [2.05, 4.69) is 0 Å². The largest absolute Gasteiger partial charge is 0.316 e. The van der Waals surface area contributed by atoms with Crippen LogP contribution in [-0.2, 0) is 4.79 Å². The third kappa shape index (κ3) is 2.03. The molecule has 76 valence electrons. The molecule has 4 heteroatoms. The molecule has 0 heterocycles. The van der Waals surface area contributed by atoms with Gasteiger partial charge < -0.3 is 9.91 Å². The number of nitrogens with two attached hydrogens (primary N) is 1. The molecule has 0 saturated heterocycles. The minimum atomic E-state index is 0.762. The van der Waals surface area contributed by atoms with Crippen LogP contribution >= 0.6 is 0 Å². The molecule has 0 spiro atoms. The van der Waals surface area contributed by atoms with Crippen molar-refractivity contribution < 1.29 is 4.79 Å². The van der Waals surface area contributed by atoms with Crippen molar-refractivity contribution in [3.63, 3.8) is 0 Å². The van der Waals surface area contributed by atoms with E-state index in [0.29, 0.717) is 0 Å². The number of benzene rings is 1. The minimum Gasteiger partial charge on any atom is -0.316 e. The van der Waals surface area contributed by atoms with Crippen LogP contribution in [0.25, 0.3) is 0 Å². The Bertz CT molecular complexity index is 336. The van der Waals surface area contributed by atoms with Crippen LogP contribution in [-0.4, -0.2) is 20.5 Å². The first-order chi connectivity index (χ1) is 6.56. The Hall–Kier alpha value is -1.55. The Morgan fingerprint density at radius 1 is 1.29 bits per heavy atom. The first kappa shape index (κ1) is 10.5. The fourth-order valence-corrected chi connectivity index (χ4v) is 1.27. The van der Waals surface area contributed by atoms with Crippen LogP contribution in [0.2, 0.25) is 0 Å². The van der Waals surface area contributed by atoms with Gasteiger partial charge in [-0.3, -0.25) is 4.79 Å². The molecule has 0 fully saturated rings. The molecule has 0 aliphatic rings. The van der Waals surface area contributed by atoms with Gasteiger partial charge in [0.15, 0.2) is 0 Å². The van der Waals surface area contributed by atoms with Crippen molar-refractivity contribution in [1.29, 1.82) is 0 Å². The quantitative estimate of drug-likeness (QED) is 0.441. The number of nitrogens with zero attached hydrogens (tertiary/aromatic N) is 2. The normalized spacial score (nSPS) is 9.71. The number of rotatable bonds is 3. The van der Waals surface area contributed by atoms with Gasteiger partial charge in [0.2, 0.25) is 6.41 Å². The Balaban J connectivity index is 3.21. The maximum absolute atomic E-state index is 10.6. The van der Waals surface area contributed by atoms with E-state index >= 15 is 0 Å². The van der Waals surface area contributed by atoms with Crippen LogP contribution in [0.4, 0.5) is 11.4 Å². The van der Waals surface area contributed by atoms with E-state index in [1.165, 1.54) is 9.91 Å². The van der Waals surface area contributed by atoms with Gasteiger partial charge in [-0.1, -0.05) is 6.07 Å². The fraction of sp³-hybridized carbons (Fsp3) is 0.300. The molecule has 14 heavy (non-hydrogen) atoms. The van der Waals surface area contributed by atoms with Gasteiger partial charge in [0.05, 0.1) is 11.4 Å². The van der Waals surface area contributed by atoms with E-state index in [1.807, 2.05) is 25.1 Å². The Morgan fingerprint density at radius 3 is 2.43 bits per heavy atom. The third-order valence-electron chi connectivity index (χ3n) is 2.05. The number of hydrogen-bond acceptors (Lipinski definition) is 3. The first-order valence-corrected chi connectivity index (χ1v) is 4.33. The van der Waals surface area contributed by atoms with Gasteiger partial charge in [-0.15, -0.1) is 0 Å². The summed E-state index contributed by atoms with van der Waals surface area (Å²) in [5.41, 5.74) is 2.75. The lowest BCUT2D eigenvalue weighted by molar-refractivity contribution is -0.107. The molecular weight excluding hydrogens is 178 g/mol. The van der Waals surface area contributed by atoms with Crippen LogP contribution in [0, 0.1) is 6.92 Å². The molecule has 2 N–H and O–H groups in total. The smallest absolute Gasteiger partial charge is 0.213 e. The van der Waals surface area contributed by atoms with Crippen molar-refractivity contribution in [2.45, 2.75) is 6.92 Å². The van der Waals surface area contributed by atoms with E-state index in [1.54, 1.807) is 14.1 Å². The van der Waals surface area contributed by atoms with Crippen molar-refractivity contribution in [2.75, 3.05) is 24.0 Å². The zero-order valence-corrected chi connectivity index (χ0v) is 8.69. The van der Waals surface area contributed by atoms with Crippen LogP contribution < -0.4 is 15.8 Å². The van der Waals surface area contributed by atoms with Gasteiger partial charge in [0.25, 0.3) is 0 Å². The first-order valence-electron chi connectivity index (χ1n) is 4.33. The second-order valence-electron chi connectivity index (χ2n) is 3.32. The van der Waals surface area contributed by atoms with Gasteiger partial charge in [0, 0.05) is 14.1 Å². The predicted octanol–water partition coefficient (Wildman–Crippen LogP) is 0.898. The van der Waals surface area contributed by atoms with Crippen molar-refractivity contribution in [1.82, 2.24) is 0 Å². The third-order valence-corrected chi connectivity index (χ3v) is 2.05. The zero-order valence-electron chi connectivity index (χ0n) is 8.69. The highest BCUT2D eigenvalue weighted by molar-refractivity contribution is 5.83. The maximum Gasteiger partial charge on any atom is 0.213 e. The number of hydrazine groups is 1. The molecule has 0 aliphatic carbocycles. The number of carbonyl (C=O) groups excluding carboxylic acids is 1. The second-order valence-corrected chi connectivity index (χ2v) is 3.32. The van der Waals surface area contributed by atoms with E-state index < -0.39 is 0 Å². The molecule has 0 atom stereocenters. The summed E-state index contributed by atoms with van der Waals surface area (Å²) in [4.78, 5) is 12.1. The molecule has 1 aromatic rings. The average molecular weight is 193 g/mol. The van der Waals surface area contributed by atoms with E-state index in [-0.39, 0.29) is 0 Å². The maximum atomic E-state index is 10.6. The second kappa shape index (κ2) is 4.11. The van der Waals surface area contributed by atoms with Crippen molar-refractivity contribution in [2.24, 2.45) is 5.84 Å². The topological polar surface area (TPSA) is 49.6 Å². The molecule has 0 saturated carbocycles. The highest BCUT2D eigenvalue weighted by atomic mass is 16.1. The molecule has 1 rings (SSSR count). The van der Waals surface area contributed by atoms with Crippen LogP contribution in [0.15, 0.2) is 18.2 Å². The monoisotopic (exact) mass is 193 g/mol. The number of carbonyl (C=O) groups is 1. The summed E-state index contributed by atoms with van der Waals surface area (Å²) in [5.74, 6) is 5.67. The predicted molar refractivity (Wildman–Crippen MR) is 58.2 cm³/mol. The highest BCUT2D eigenvalue weighted by Gasteiger charge is 2.08. The Labute approximate surface area is 83.9 Å². The van der Waals surface area contributed by atoms with Crippen LogP contribution in [0.1, 0.15) is 5.56 Å². The van der Waals surface area contributed by atoms with Crippen LogP contribution in [0.5, 0.6) is 0 Å². The van der Waals surface area contributed by atoms with E-state index in [9.17, 15) is 4.79 Å². The molecule has 1 aromatic carbocycles. The number of amides is 1. The highest BCUT2D eigenvalue weighted by Crippen LogP contribution is 2.26. The Kier molecular flexibility index (Phi) is 3.09. The molecule has 0 radical (unpaired) electrons. The SMILES string of the molecule is Cc1ccc(N(C)C=O)c(N(C)N)c1. The van der Waals surface area contributed by atoms with Gasteiger partial charge in [0.1, 0.15) is 0 Å². The average Bonchev–Trinajstić information content (AvgIpc) is 2.16. The number of anilines is 2.